The lowest BCUT2D eigenvalue weighted by atomic mass is 10.0. The molecule has 0 saturated carbocycles. The second-order valence-corrected chi connectivity index (χ2v) is 4.55. The molecule has 0 aliphatic rings. The highest BCUT2D eigenvalue weighted by atomic mass is 32.1. The molecule has 0 bridgehead atoms. The van der Waals surface area contributed by atoms with Crippen LogP contribution in [0.2, 0.25) is 0 Å². The van der Waals surface area contributed by atoms with Gasteiger partial charge >= 0.3 is 0 Å². The van der Waals surface area contributed by atoms with Gasteiger partial charge in [0.1, 0.15) is 0 Å². The van der Waals surface area contributed by atoms with Crippen LogP contribution in [-0.4, -0.2) is 4.86 Å². The van der Waals surface area contributed by atoms with Gasteiger partial charge in [-0.3, -0.25) is 0 Å². The van der Waals surface area contributed by atoms with Gasteiger partial charge in [-0.15, -0.1) is 0 Å². The fourth-order valence-electron chi connectivity index (χ4n) is 1.56. The van der Waals surface area contributed by atoms with Gasteiger partial charge in [-0.2, -0.15) is 0 Å². The first kappa shape index (κ1) is 12.9. The highest BCUT2D eigenvalue weighted by molar-refractivity contribution is 7.80. The molecule has 1 aromatic carbocycles. The lowest BCUT2D eigenvalue weighted by molar-refractivity contribution is 1.44. The Kier molecular flexibility index (Phi) is 4.63. The summed E-state index contributed by atoms with van der Waals surface area (Å²) in [4.78, 5) is 0.943. The summed E-state index contributed by atoms with van der Waals surface area (Å²) in [6.07, 6.45) is 4.20. The highest BCUT2D eigenvalue weighted by Gasteiger charge is 1.99. The van der Waals surface area contributed by atoms with Crippen LogP contribution in [0.1, 0.15) is 38.8 Å². The third kappa shape index (κ3) is 3.14. The van der Waals surface area contributed by atoms with Crippen molar-refractivity contribution >= 4 is 22.7 Å². The Morgan fingerprint density at radius 2 is 1.50 bits per heavy atom. The molecule has 0 fully saturated rings. The summed E-state index contributed by atoms with van der Waals surface area (Å²) in [5.74, 6) is 0. The third-order valence-electron chi connectivity index (χ3n) is 2.73. The van der Waals surface area contributed by atoms with Crippen LogP contribution in [-0.2, 0) is 0 Å². The van der Waals surface area contributed by atoms with E-state index < -0.39 is 0 Å². The number of allylic oxidation sites excluding steroid dienone is 4. The number of benzene rings is 1. The third-order valence-corrected chi connectivity index (χ3v) is 2.97. The van der Waals surface area contributed by atoms with Gasteiger partial charge < -0.3 is 0 Å². The maximum absolute atomic E-state index is 5.14. The van der Waals surface area contributed by atoms with Gasteiger partial charge in [-0.25, -0.2) is 0 Å². The lowest BCUT2D eigenvalue weighted by Crippen LogP contribution is -1.90. The van der Waals surface area contributed by atoms with E-state index in [1.807, 2.05) is 13.8 Å². The lowest BCUT2D eigenvalue weighted by Gasteiger charge is -2.06. The summed E-state index contributed by atoms with van der Waals surface area (Å²) in [6.45, 7) is 8.27. The second kappa shape index (κ2) is 5.76. The van der Waals surface area contributed by atoms with Crippen LogP contribution in [0.4, 0.5) is 0 Å². The Bertz CT molecular complexity index is 433. The molecule has 84 valence electrons. The van der Waals surface area contributed by atoms with Gasteiger partial charge in [-0.05, 0) is 50.0 Å². The van der Waals surface area contributed by atoms with Crippen LogP contribution in [0.25, 0.3) is 5.57 Å². The van der Waals surface area contributed by atoms with Gasteiger partial charge in [0, 0.05) is 4.86 Å². The van der Waals surface area contributed by atoms with Crippen LogP contribution >= 0.6 is 12.2 Å². The minimum absolute atomic E-state index is 0.943. The zero-order valence-electron chi connectivity index (χ0n) is 10.4. The molecule has 0 N–H and O–H groups in total. The Balaban J connectivity index is 3.07. The van der Waals surface area contributed by atoms with Crippen LogP contribution < -0.4 is 0 Å². The van der Waals surface area contributed by atoms with Gasteiger partial charge in [0.15, 0.2) is 0 Å². The average Bonchev–Trinajstić information content (AvgIpc) is 2.28. The van der Waals surface area contributed by atoms with Crippen molar-refractivity contribution in [3.8, 4) is 0 Å². The van der Waals surface area contributed by atoms with Crippen molar-refractivity contribution in [1.29, 1.82) is 0 Å². The number of hydrogen-bond donors (Lipinski definition) is 0. The van der Waals surface area contributed by atoms with E-state index in [-0.39, 0.29) is 0 Å². The molecule has 0 saturated heterocycles. The first-order valence-corrected chi connectivity index (χ1v) is 5.88. The molecule has 0 radical (unpaired) electrons. The van der Waals surface area contributed by atoms with Gasteiger partial charge in [0.05, 0.1) is 0 Å². The van der Waals surface area contributed by atoms with Crippen molar-refractivity contribution in [2.75, 3.05) is 0 Å². The number of rotatable bonds is 3. The molecule has 0 aromatic heterocycles. The van der Waals surface area contributed by atoms with Crippen molar-refractivity contribution in [2.45, 2.75) is 27.7 Å². The molecular weight excluding hydrogens is 212 g/mol. The van der Waals surface area contributed by atoms with E-state index in [0.29, 0.717) is 0 Å². The Morgan fingerprint density at radius 1 is 1.00 bits per heavy atom. The van der Waals surface area contributed by atoms with Crippen molar-refractivity contribution in [3.05, 3.63) is 53.1 Å². The van der Waals surface area contributed by atoms with Crippen molar-refractivity contribution in [2.24, 2.45) is 0 Å². The van der Waals surface area contributed by atoms with E-state index in [0.717, 1.165) is 10.4 Å². The minimum Gasteiger partial charge on any atom is -0.0874 e. The maximum atomic E-state index is 5.14. The molecule has 1 rings (SSSR count). The number of hydrogen-bond acceptors (Lipinski definition) is 1. The van der Waals surface area contributed by atoms with E-state index in [1.165, 1.54) is 16.7 Å². The van der Waals surface area contributed by atoms with Crippen molar-refractivity contribution in [1.82, 2.24) is 0 Å². The predicted octanol–water partition coefficient (Wildman–Crippen LogP) is 4.79. The molecule has 0 nitrogen and oxygen atoms in total. The Hall–Kier alpha value is -1.21. The fraction of sp³-hybridized carbons (Fsp3) is 0.267. The van der Waals surface area contributed by atoms with E-state index in [2.05, 4.69) is 50.3 Å². The zero-order chi connectivity index (χ0) is 12.1. The molecule has 1 aromatic rings. The average molecular weight is 230 g/mol. The molecule has 1 heteroatoms. The molecule has 16 heavy (non-hydrogen) atoms. The maximum Gasteiger partial charge on any atom is 0.0193 e. The SMILES string of the molecule is C/C=C\C(C)=C(/C)c1ccc(C(C)=S)cc1. The molecule has 0 aliphatic carbocycles. The summed E-state index contributed by atoms with van der Waals surface area (Å²) in [5, 5.41) is 0. The molecule has 0 unspecified atom stereocenters. The Labute approximate surface area is 104 Å². The normalized spacial score (nSPS) is 12.8. The quantitative estimate of drug-likeness (QED) is 0.408. The first-order valence-electron chi connectivity index (χ1n) is 5.47. The largest absolute Gasteiger partial charge is 0.0874 e. The molecule has 0 spiro atoms. The zero-order valence-corrected chi connectivity index (χ0v) is 11.2. The standard InChI is InChI=1S/C15H18S/c1-5-6-11(2)12(3)14-7-9-15(10-8-14)13(4)16/h5-10H,1-4H3/b6-5-,12-11+. The minimum atomic E-state index is 0.943. The monoisotopic (exact) mass is 230 g/mol. The smallest absolute Gasteiger partial charge is 0.0193 e. The molecule has 0 aliphatic heterocycles. The molecule has 0 heterocycles. The van der Waals surface area contributed by atoms with Crippen molar-refractivity contribution < 1.29 is 0 Å². The van der Waals surface area contributed by atoms with E-state index in [4.69, 9.17) is 12.2 Å². The summed E-state index contributed by atoms with van der Waals surface area (Å²) in [7, 11) is 0. The second-order valence-electron chi connectivity index (χ2n) is 3.94. The van der Waals surface area contributed by atoms with Gasteiger partial charge in [0.25, 0.3) is 0 Å². The van der Waals surface area contributed by atoms with Crippen LogP contribution in [0.3, 0.4) is 0 Å². The summed E-state index contributed by atoms with van der Waals surface area (Å²) < 4.78 is 0. The van der Waals surface area contributed by atoms with E-state index >= 15 is 0 Å². The van der Waals surface area contributed by atoms with E-state index in [9.17, 15) is 0 Å². The van der Waals surface area contributed by atoms with Gasteiger partial charge in [-0.1, -0.05) is 48.6 Å². The molecule has 0 amide bonds. The first-order chi connectivity index (χ1) is 7.56. The summed E-state index contributed by atoms with van der Waals surface area (Å²) in [5.41, 5.74) is 5.01. The topological polar surface area (TPSA) is 0 Å². The predicted molar refractivity (Wildman–Crippen MR) is 76.9 cm³/mol. The van der Waals surface area contributed by atoms with E-state index in [1.54, 1.807) is 0 Å². The highest BCUT2D eigenvalue weighted by Crippen LogP contribution is 2.19. The summed E-state index contributed by atoms with van der Waals surface area (Å²) in [6, 6.07) is 8.44. The van der Waals surface area contributed by atoms with Crippen LogP contribution in [0, 0.1) is 0 Å². The summed E-state index contributed by atoms with van der Waals surface area (Å²) >= 11 is 5.14. The fourth-order valence-corrected chi connectivity index (χ4v) is 1.69. The molecular formula is C15H18S. The van der Waals surface area contributed by atoms with Gasteiger partial charge in [0.2, 0.25) is 0 Å². The molecule has 0 atom stereocenters. The van der Waals surface area contributed by atoms with Crippen LogP contribution in [0.15, 0.2) is 42.0 Å². The van der Waals surface area contributed by atoms with Crippen LogP contribution in [0.5, 0.6) is 0 Å². The van der Waals surface area contributed by atoms with Crippen molar-refractivity contribution in [3.63, 3.8) is 0 Å². The Morgan fingerprint density at radius 3 is 1.94 bits per heavy atom. The number of thiocarbonyl (C=S) groups is 1.